The van der Waals surface area contributed by atoms with E-state index < -0.39 is 0 Å². The summed E-state index contributed by atoms with van der Waals surface area (Å²) in [6, 6.07) is 0.377. The maximum atomic E-state index is 11.6. The molecule has 3 unspecified atom stereocenters. The number of carbonyl (C=O) groups is 1. The van der Waals surface area contributed by atoms with Gasteiger partial charge in [0.15, 0.2) is 0 Å². The molecule has 2 N–H and O–H groups in total. The number of hydrogen-bond donors (Lipinski definition) is 2. The molecule has 112 valence electrons. The Morgan fingerprint density at radius 2 is 2.11 bits per heavy atom. The molecule has 0 bridgehead atoms. The Kier molecular flexibility index (Phi) is 6.80. The van der Waals surface area contributed by atoms with Crippen molar-refractivity contribution in [3.63, 3.8) is 0 Å². The Balaban J connectivity index is 2.56. The van der Waals surface area contributed by atoms with Crippen LogP contribution in [-0.4, -0.2) is 47.7 Å². The minimum Gasteiger partial charge on any atom is -0.393 e. The summed E-state index contributed by atoms with van der Waals surface area (Å²) >= 11 is 0. The average Bonchev–Trinajstić information content (AvgIpc) is 2.35. The number of aliphatic hydroxyl groups is 1. The van der Waals surface area contributed by atoms with Crippen LogP contribution in [0.1, 0.15) is 47.0 Å². The van der Waals surface area contributed by atoms with Crippen molar-refractivity contribution in [1.29, 1.82) is 0 Å². The van der Waals surface area contributed by atoms with E-state index in [1.807, 2.05) is 18.7 Å². The molecule has 1 amide bonds. The van der Waals surface area contributed by atoms with Crippen LogP contribution < -0.4 is 5.32 Å². The van der Waals surface area contributed by atoms with Crippen LogP contribution in [0.25, 0.3) is 0 Å². The Morgan fingerprint density at radius 1 is 1.42 bits per heavy atom. The van der Waals surface area contributed by atoms with Gasteiger partial charge in [-0.2, -0.15) is 0 Å². The number of likely N-dealkylation sites (tertiary alicyclic amines) is 1. The largest absolute Gasteiger partial charge is 0.393 e. The van der Waals surface area contributed by atoms with Gasteiger partial charge in [-0.25, -0.2) is 0 Å². The van der Waals surface area contributed by atoms with E-state index in [9.17, 15) is 9.90 Å². The Hall–Kier alpha value is -0.610. The molecular formula is C15H30N2O2. The standard InChI is InChI=1S/C15H30N2O2/c1-5-6-16-14-7-13(8-15(19)11(2)3)9-17(10-14)12(4)18/h11,13-16,19H,5-10H2,1-4H3. The van der Waals surface area contributed by atoms with Crippen molar-refractivity contribution in [2.45, 2.75) is 59.1 Å². The normalized spacial score (nSPS) is 25.7. The lowest BCUT2D eigenvalue weighted by atomic mass is 9.86. The van der Waals surface area contributed by atoms with E-state index >= 15 is 0 Å². The fourth-order valence-electron chi connectivity index (χ4n) is 2.74. The van der Waals surface area contributed by atoms with Gasteiger partial charge in [0.25, 0.3) is 0 Å². The summed E-state index contributed by atoms with van der Waals surface area (Å²) in [5.41, 5.74) is 0. The number of nitrogens with zero attached hydrogens (tertiary/aromatic N) is 1. The molecule has 0 aromatic carbocycles. The van der Waals surface area contributed by atoms with Gasteiger partial charge >= 0.3 is 0 Å². The molecular weight excluding hydrogens is 240 g/mol. The zero-order chi connectivity index (χ0) is 14.4. The highest BCUT2D eigenvalue weighted by atomic mass is 16.3. The van der Waals surface area contributed by atoms with E-state index in [1.165, 1.54) is 0 Å². The van der Waals surface area contributed by atoms with Gasteiger partial charge in [-0.15, -0.1) is 0 Å². The first-order valence-electron chi connectivity index (χ1n) is 7.61. The summed E-state index contributed by atoms with van der Waals surface area (Å²) in [6.07, 6.45) is 2.71. The molecule has 1 aliphatic heterocycles. The summed E-state index contributed by atoms with van der Waals surface area (Å²) in [6.45, 7) is 10.5. The second-order valence-corrected chi connectivity index (χ2v) is 6.22. The van der Waals surface area contributed by atoms with Crippen LogP contribution in [0, 0.1) is 11.8 Å². The Bertz CT molecular complexity index is 281. The van der Waals surface area contributed by atoms with E-state index in [2.05, 4.69) is 12.2 Å². The summed E-state index contributed by atoms with van der Waals surface area (Å²) < 4.78 is 0. The third-order valence-corrected chi connectivity index (χ3v) is 4.01. The highest BCUT2D eigenvalue weighted by Crippen LogP contribution is 2.23. The predicted octanol–water partition coefficient (Wildman–Crippen LogP) is 1.63. The minimum absolute atomic E-state index is 0.145. The lowest BCUT2D eigenvalue weighted by molar-refractivity contribution is -0.131. The van der Waals surface area contributed by atoms with E-state index in [0.717, 1.165) is 38.9 Å². The van der Waals surface area contributed by atoms with Crippen molar-refractivity contribution in [1.82, 2.24) is 10.2 Å². The summed E-state index contributed by atoms with van der Waals surface area (Å²) in [7, 11) is 0. The van der Waals surface area contributed by atoms with Gasteiger partial charge in [0.05, 0.1) is 6.10 Å². The average molecular weight is 270 g/mol. The molecule has 1 rings (SSSR count). The summed E-state index contributed by atoms with van der Waals surface area (Å²) in [5.74, 6) is 0.839. The lowest BCUT2D eigenvalue weighted by Gasteiger charge is -2.39. The van der Waals surface area contributed by atoms with Crippen molar-refractivity contribution < 1.29 is 9.90 Å². The lowest BCUT2D eigenvalue weighted by Crippen LogP contribution is -2.51. The maximum absolute atomic E-state index is 11.6. The van der Waals surface area contributed by atoms with Crippen molar-refractivity contribution in [2.75, 3.05) is 19.6 Å². The van der Waals surface area contributed by atoms with E-state index in [1.54, 1.807) is 6.92 Å². The molecule has 0 aromatic heterocycles. The fourth-order valence-corrected chi connectivity index (χ4v) is 2.74. The summed E-state index contributed by atoms with van der Waals surface area (Å²) in [4.78, 5) is 13.5. The number of rotatable bonds is 6. The van der Waals surface area contributed by atoms with Crippen LogP contribution in [0.15, 0.2) is 0 Å². The molecule has 0 spiro atoms. The molecule has 1 heterocycles. The molecule has 1 fully saturated rings. The van der Waals surface area contributed by atoms with Gasteiger partial charge in [0.1, 0.15) is 0 Å². The first-order valence-corrected chi connectivity index (χ1v) is 7.61. The van der Waals surface area contributed by atoms with Crippen LogP contribution in [0.2, 0.25) is 0 Å². The third kappa shape index (κ3) is 5.49. The van der Waals surface area contributed by atoms with Gasteiger partial charge in [-0.3, -0.25) is 4.79 Å². The van der Waals surface area contributed by atoms with Crippen LogP contribution in [-0.2, 0) is 4.79 Å². The molecule has 19 heavy (non-hydrogen) atoms. The van der Waals surface area contributed by atoms with Crippen LogP contribution in [0.5, 0.6) is 0 Å². The maximum Gasteiger partial charge on any atom is 0.219 e. The van der Waals surface area contributed by atoms with Gasteiger partial charge < -0.3 is 15.3 Å². The highest BCUT2D eigenvalue weighted by Gasteiger charge is 2.29. The van der Waals surface area contributed by atoms with Crippen LogP contribution in [0.4, 0.5) is 0 Å². The number of nitrogens with one attached hydrogen (secondary N) is 1. The predicted molar refractivity (Wildman–Crippen MR) is 77.9 cm³/mol. The van der Waals surface area contributed by atoms with E-state index in [0.29, 0.717) is 12.0 Å². The van der Waals surface area contributed by atoms with E-state index in [4.69, 9.17) is 0 Å². The molecule has 4 heteroatoms. The second-order valence-electron chi connectivity index (χ2n) is 6.22. The zero-order valence-corrected chi connectivity index (χ0v) is 12.9. The SMILES string of the molecule is CCCNC1CC(CC(O)C(C)C)CN(C(C)=O)C1. The number of carbonyl (C=O) groups excluding carboxylic acids is 1. The first kappa shape index (κ1) is 16.4. The highest BCUT2D eigenvalue weighted by molar-refractivity contribution is 5.73. The van der Waals surface area contributed by atoms with Gasteiger partial charge in [0.2, 0.25) is 5.91 Å². The molecule has 0 radical (unpaired) electrons. The van der Waals surface area contributed by atoms with Gasteiger partial charge in [-0.05, 0) is 37.6 Å². The van der Waals surface area contributed by atoms with Crippen molar-refractivity contribution in [3.05, 3.63) is 0 Å². The van der Waals surface area contributed by atoms with Gasteiger partial charge in [-0.1, -0.05) is 20.8 Å². The number of hydrogen-bond acceptors (Lipinski definition) is 3. The Labute approximate surface area is 117 Å². The molecule has 0 aromatic rings. The number of amides is 1. The first-order chi connectivity index (χ1) is 8.93. The van der Waals surface area contributed by atoms with Crippen molar-refractivity contribution in [3.8, 4) is 0 Å². The quantitative estimate of drug-likeness (QED) is 0.771. The molecule has 0 saturated carbocycles. The van der Waals surface area contributed by atoms with Gasteiger partial charge in [0, 0.05) is 26.1 Å². The van der Waals surface area contributed by atoms with Crippen molar-refractivity contribution in [2.24, 2.45) is 11.8 Å². The summed E-state index contributed by atoms with van der Waals surface area (Å²) in [5, 5.41) is 13.6. The van der Waals surface area contributed by atoms with Crippen molar-refractivity contribution >= 4 is 5.91 Å². The van der Waals surface area contributed by atoms with Crippen LogP contribution in [0.3, 0.4) is 0 Å². The molecule has 4 nitrogen and oxygen atoms in total. The van der Waals surface area contributed by atoms with E-state index in [-0.39, 0.29) is 17.9 Å². The second kappa shape index (κ2) is 7.85. The number of aliphatic hydroxyl groups excluding tert-OH is 1. The molecule has 1 aliphatic rings. The smallest absolute Gasteiger partial charge is 0.219 e. The third-order valence-electron chi connectivity index (χ3n) is 4.01. The zero-order valence-electron chi connectivity index (χ0n) is 12.9. The Morgan fingerprint density at radius 3 is 2.63 bits per heavy atom. The molecule has 1 saturated heterocycles. The fraction of sp³-hybridized carbons (Fsp3) is 0.933. The minimum atomic E-state index is -0.260. The topological polar surface area (TPSA) is 52.6 Å². The molecule has 3 atom stereocenters. The monoisotopic (exact) mass is 270 g/mol. The van der Waals surface area contributed by atoms with Crippen LogP contribution >= 0.6 is 0 Å². The number of piperidine rings is 1. The molecule has 0 aliphatic carbocycles.